The number of carbonyl (C=O) groups is 1. The zero-order chi connectivity index (χ0) is 11.1. The van der Waals surface area contributed by atoms with Gasteiger partial charge in [0, 0.05) is 17.1 Å². The molecule has 0 fully saturated rings. The van der Waals surface area contributed by atoms with Crippen LogP contribution in [0.4, 0.5) is 5.69 Å². The number of rotatable bonds is 1. The number of aromatic amines is 1. The van der Waals surface area contributed by atoms with Gasteiger partial charge in [0.15, 0.2) is 0 Å². The zero-order valence-electron chi connectivity index (χ0n) is 8.34. The second-order valence-corrected chi connectivity index (χ2v) is 3.70. The second kappa shape index (κ2) is 3.10. The molecule has 0 saturated carbocycles. The quantitative estimate of drug-likeness (QED) is 0.754. The Kier molecular flexibility index (Phi) is 1.73. The van der Waals surface area contributed by atoms with Crippen molar-refractivity contribution in [2.75, 3.05) is 11.4 Å². The van der Waals surface area contributed by atoms with Crippen LogP contribution in [0.1, 0.15) is 0 Å². The average molecular weight is 215 g/mol. The van der Waals surface area contributed by atoms with E-state index in [1.54, 1.807) is 6.20 Å². The molecule has 80 valence electrons. The maximum absolute atomic E-state index is 11.5. The highest BCUT2D eigenvalue weighted by Gasteiger charge is 2.22. The number of nitrogens with one attached hydrogen (secondary N) is 1. The van der Waals surface area contributed by atoms with Crippen LogP contribution in [0.15, 0.2) is 36.2 Å². The van der Waals surface area contributed by atoms with E-state index in [0.717, 1.165) is 16.6 Å². The maximum Gasteiger partial charge on any atom is 0.254 e. The van der Waals surface area contributed by atoms with Crippen molar-refractivity contribution in [3.63, 3.8) is 0 Å². The predicted octanol–water partition coefficient (Wildman–Crippen LogP) is 1.35. The molecular weight excluding hydrogens is 206 g/mol. The molecule has 3 rings (SSSR count). The first kappa shape index (κ1) is 8.96. The topological polar surface area (TPSA) is 69.2 Å². The minimum absolute atomic E-state index is 0.0923. The highest BCUT2D eigenvalue weighted by Crippen LogP contribution is 2.23. The van der Waals surface area contributed by atoms with Gasteiger partial charge >= 0.3 is 0 Å². The van der Waals surface area contributed by atoms with Gasteiger partial charge in [-0.2, -0.15) is 5.10 Å². The SMILES string of the molecule is O=C1C=C(O)CN1c1ccc2cn[nH]c2c1. The van der Waals surface area contributed by atoms with Crippen molar-refractivity contribution >= 4 is 22.5 Å². The summed E-state index contributed by atoms with van der Waals surface area (Å²) in [6, 6.07) is 5.56. The number of fused-ring (bicyclic) bond motifs is 1. The molecule has 1 aromatic heterocycles. The lowest BCUT2D eigenvalue weighted by Gasteiger charge is -2.15. The fourth-order valence-electron chi connectivity index (χ4n) is 1.82. The Morgan fingerprint density at radius 1 is 1.44 bits per heavy atom. The van der Waals surface area contributed by atoms with Crippen LogP contribution >= 0.6 is 0 Å². The molecule has 0 saturated heterocycles. The molecule has 0 bridgehead atoms. The number of aliphatic hydroxyl groups excluding tert-OH is 1. The molecule has 5 nitrogen and oxygen atoms in total. The predicted molar refractivity (Wildman–Crippen MR) is 59.2 cm³/mol. The molecule has 16 heavy (non-hydrogen) atoms. The lowest BCUT2D eigenvalue weighted by atomic mass is 10.2. The summed E-state index contributed by atoms with van der Waals surface area (Å²) in [5, 5.41) is 17.0. The Labute approximate surface area is 91.0 Å². The van der Waals surface area contributed by atoms with Gasteiger partial charge in [-0.25, -0.2) is 0 Å². The Balaban J connectivity index is 2.03. The van der Waals surface area contributed by atoms with Crippen LogP contribution in [0.3, 0.4) is 0 Å². The Bertz CT molecular complexity index is 600. The summed E-state index contributed by atoms with van der Waals surface area (Å²) in [5.41, 5.74) is 1.62. The Morgan fingerprint density at radius 3 is 3.06 bits per heavy atom. The largest absolute Gasteiger partial charge is 0.510 e. The number of hydrogen-bond donors (Lipinski definition) is 2. The summed E-state index contributed by atoms with van der Waals surface area (Å²) in [6.07, 6.45) is 2.96. The van der Waals surface area contributed by atoms with Gasteiger partial charge in [-0.15, -0.1) is 0 Å². The summed E-state index contributed by atoms with van der Waals surface area (Å²) < 4.78 is 0. The first-order chi connectivity index (χ1) is 7.74. The molecule has 1 aromatic carbocycles. The summed E-state index contributed by atoms with van der Waals surface area (Å²) >= 11 is 0. The Morgan fingerprint density at radius 2 is 2.31 bits per heavy atom. The zero-order valence-corrected chi connectivity index (χ0v) is 8.34. The monoisotopic (exact) mass is 215 g/mol. The molecule has 1 amide bonds. The summed E-state index contributed by atoms with van der Waals surface area (Å²) in [4.78, 5) is 13.0. The number of benzene rings is 1. The summed E-state index contributed by atoms with van der Waals surface area (Å²) in [7, 11) is 0. The normalized spacial score (nSPS) is 15.9. The van der Waals surface area contributed by atoms with Gasteiger partial charge in [-0.3, -0.25) is 9.89 Å². The maximum atomic E-state index is 11.5. The van der Waals surface area contributed by atoms with E-state index in [0.29, 0.717) is 0 Å². The van der Waals surface area contributed by atoms with Crippen molar-refractivity contribution in [3.05, 3.63) is 36.2 Å². The van der Waals surface area contributed by atoms with E-state index >= 15 is 0 Å². The second-order valence-electron chi connectivity index (χ2n) is 3.70. The van der Waals surface area contributed by atoms with Crippen molar-refractivity contribution in [3.8, 4) is 0 Å². The van der Waals surface area contributed by atoms with Crippen molar-refractivity contribution in [2.45, 2.75) is 0 Å². The number of H-pyrrole nitrogens is 1. The van der Waals surface area contributed by atoms with E-state index in [2.05, 4.69) is 10.2 Å². The fourth-order valence-corrected chi connectivity index (χ4v) is 1.82. The van der Waals surface area contributed by atoms with Crippen molar-refractivity contribution in [1.82, 2.24) is 10.2 Å². The van der Waals surface area contributed by atoms with Gasteiger partial charge in [0.1, 0.15) is 5.76 Å². The van der Waals surface area contributed by atoms with Crippen molar-refractivity contribution < 1.29 is 9.90 Å². The van der Waals surface area contributed by atoms with Crippen LogP contribution in [0, 0.1) is 0 Å². The van der Waals surface area contributed by atoms with Crippen LogP contribution in [0.2, 0.25) is 0 Å². The van der Waals surface area contributed by atoms with E-state index in [1.165, 1.54) is 11.0 Å². The van der Waals surface area contributed by atoms with Gasteiger partial charge in [0.2, 0.25) is 0 Å². The number of amides is 1. The van der Waals surface area contributed by atoms with Crippen molar-refractivity contribution in [2.24, 2.45) is 0 Å². The molecule has 0 spiro atoms. The minimum atomic E-state index is -0.198. The van der Waals surface area contributed by atoms with Crippen LogP contribution in [0.25, 0.3) is 10.9 Å². The third kappa shape index (κ3) is 1.25. The summed E-state index contributed by atoms with van der Waals surface area (Å²) in [6.45, 7) is 0.235. The number of nitrogens with zero attached hydrogens (tertiary/aromatic N) is 2. The Hall–Kier alpha value is -2.30. The molecule has 2 heterocycles. The molecule has 0 radical (unpaired) electrons. The highest BCUT2D eigenvalue weighted by atomic mass is 16.3. The van der Waals surface area contributed by atoms with Crippen LogP contribution < -0.4 is 4.90 Å². The first-order valence-electron chi connectivity index (χ1n) is 4.88. The van der Waals surface area contributed by atoms with E-state index in [9.17, 15) is 9.90 Å². The smallest absolute Gasteiger partial charge is 0.254 e. The number of aromatic nitrogens is 2. The molecule has 5 heteroatoms. The van der Waals surface area contributed by atoms with E-state index in [-0.39, 0.29) is 18.2 Å². The van der Waals surface area contributed by atoms with E-state index in [4.69, 9.17) is 0 Å². The molecule has 0 atom stereocenters. The van der Waals surface area contributed by atoms with Gasteiger partial charge in [0.25, 0.3) is 5.91 Å². The van der Waals surface area contributed by atoms with E-state index < -0.39 is 0 Å². The van der Waals surface area contributed by atoms with Crippen LogP contribution in [-0.2, 0) is 4.79 Å². The number of anilines is 1. The number of aliphatic hydroxyl groups is 1. The lowest BCUT2D eigenvalue weighted by molar-refractivity contribution is -0.113. The van der Waals surface area contributed by atoms with Crippen LogP contribution in [0.5, 0.6) is 0 Å². The molecule has 1 aliphatic heterocycles. The van der Waals surface area contributed by atoms with Gasteiger partial charge in [-0.05, 0) is 18.2 Å². The van der Waals surface area contributed by atoms with Gasteiger partial charge in [0.05, 0.1) is 18.3 Å². The highest BCUT2D eigenvalue weighted by molar-refractivity contribution is 6.05. The fraction of sp³-hybridized carbons (Fsp3) is 0.0909. The standard InChI is InChI=1S/C11H9N3O2/c15-9-4-11(16)14(6-9)8-2-1-7-5-12-13-10(7)3-8/h1-5,15H,6H2,(H,12,13). The molecule has 0 unspecified atom stereocenters. The van der Waals surface area contributed by atoms with Gasteiger partial charge < -0.3 is 10.0 Å². The molecular formula is C11H9N3O2. The molecule has 2 N–H and O–H groups in total. The van der Waals surface area contributed by atoms with Crippen molar-refractivity contribution in [1.29, 1.82) is 0 Å². The third-order valence-electron chi connectivity index (χ3n) is 2.61. The number of carbonyl (C=O) groups excluding carboxylic acids is 1. The average Bonchev–Trinajstić information content (AvgIpc) is 2.83. The third-order valence-corrected chi connectivity index (χ3v) is 2.61. The minimum Gasteiger partial charge on any atom is -0.510 e. The molecule has 1 aliphatic rings. The van der Waals surface area contributed by atoms with E-state index in [1.807, 2.05) is 18.2 Å². The van der Waals surface area contributed by atoms with Gasteiger partial charge in [-0.1, -0.05) is 0 Å². The first-order valence-corrected chi connectivity index (χ1v) is 4.88. The molecule has 2 aromatic rings. The summed E-state index contributed by atoms with van der Waals surface area (Å²) in [5.74, 6) is -0.105. The number of hydrogen-bond acceptors (Lipinski definition) is 3. The van der Waals surface area contributed by atoms with Crippen LogP contribution in [-0.4, -0.2) is 27.8 Å². The molecule has 0 aliphatic carbocycles. The lowest BCUT2D eigenvalue weighted by Crippen LogP contribution is -2.25.